The van der Waals surface area contributed by atoms with Gasteiger partial charge in [-0.3, -0.25) is 9.36 Å². The molecule has 0 aliphatic heterocycles. The highest BCUT2D eigenvalue weighted by Gasteiger charge is 2.18. The molecule has 0 heterocycles. The molecule has 0 aliphatic carbocycles. The van der Waals surface area contributed by atoms with Crippen LogP contribution in [0, 0.1) is 0 Å². The summed E-state index contributed by atoms with van der Waals surface area (Å²) in [6.07, 6.45) is 0.328. The first-order valence-electron chi connectivity index (χ1n) is 5.05. The Morgan fingerprint density at radius 1 is 1.19 bits per heavy atom. The van der Waals surface area contributed by atoms with E-state index in [1.54, 1.807) is 0 Å². The number of ketones is 1. The third-order valence-corrected chi connectivity index (χ3v) is 2.98. The Morgan fingerprint density at radius 2 is 1.69 bits per heavy atom. The number of Topliss-reactive ketones (excluding diaryl/α,β-unsaturated/α-hetero) is 1. The highest BCUT2D eigenvalue weighted by molar-refractivity contribution is 7.52. The van der Waals surface area contributed by atoms with Crippen LogP contribution in [0.2, 0.25) is 0 Å². The zero-order valence-corrected chi connectivity index (χ0v) is 9.98. The molecule has 0 saturated heterocycles. The normalized spacial score (nSPS) is 11.4. The predicted molar refractivity (Wildman–Crippen MR) is 61.4 cm³/mol. The second-order valence-corrected chi connectivity index (χ2v) is 5.35. The lowest BCUT2D eigenvalue weighted by Gasteiger charge is -2.04. The molecular weight excluding hydrogens is 227 g/mol. The van der Waals surface area contributed by atoms with Gasteiger partial charge in [0, 0.05) is 6.42 Å². The smallest absolute Gasteiger partial charge is 0.324 e. The fraction of sp³-hybridized carbons (Fsp3) is 0.364. The molecule has 0 fully saturated rings. The lowest BCUT2D eigenvalue weighted by molar-refractivity contribution is -0.116. The summed E-state index contributed by atoms with van der Waals surface area (Å²) in [5.41, 5.74) is 1.96. The van der Waals surface area contributed by atoms with Gasteiger partial charge in [-0.1, -0.05) is 31.2 Å². The Kier molecular flexibility index (Phi) is 4.42. The predicted octanol–water partition coefficient (Wildman–Crippen LogP) is 1.54. The molecule has 0 bridgehead atoms. The fourth-order valence-electron chi connectivity index (χ4n) is 1.41. The maximum Gasteiger partial charge on any atom is 0.332 e. The maximum atomic E-state index is 11.3. The molecular formula is C11H15O4P. The molecule has 0 amide bonds. The summed E-state index contributed by atoms with van der Waals surface area (Å²) in [6.45, 7) is 2.04. The van der Waals surface area contributed by atoms with Crippen LogP contribution >= 0.6 is 7.60 Å². The van der Waals surface area contributed by atoms with E-state index in [4.69, 9.17) is 9.79 Å². The third kappa shape index (κ3) is 4.71. The Bertz CT molecular complexity index is 404. The van der Waals surface area contributed by atoms with E-state index in [9.17, 15) is 9.36 Å². The zero-order valence-electron chi connectivity index (χ0n) is 9.09. The van der Waals surface area contributed by atoms with Gasteiger partial charge in [-0.25, -0.2) is 0 Å². The van der Waals surface area contributed by atoms with Crippen LogP contribution in [0.4, 0.5) is 0 Å². The first kappa shape index (κ1) is 13.1. The van der Waals surface area contributed by atoms with Crippen LogP contribution in [0.5, 0.6) is 0 Å². The lowest BCUT2D eigenvalue weighted by Crippen LogP contribution is -2.08. The van der Waals surface area contributed by atoms with Crippen molar-refractivity contribution in [3.05, 3.63) is 35.4 Å². The molecule has 1 rings (SSSR count). The molecule has 0 radical (unpaired) electrons. The van der Waals surface area contributed by atoms with Crippen molar-refractivity contribution in [2.45, 2.75) is 19.8 Å². The van der Waals surface area contributed by atoms with Crippen molar-refractivity contribution in [2.24, 2.45) is 0 Å². The van der Waals surface area contributed by atoms with Crippen LogP contribution in [0.3, 0.4) is 0 Å². The van der Waals surface area contributed by atoms with Gasteiger partial charge in [0.25, 0.3) is 0 Å². The highest BCUT2D eigenvalue weighted by atomic mass is 31.2. The Balaban J connectivity index is 2.60. The van der Waals surface area contributed by atoms with Crippen molar-refractivity contribution in [3.8, 4) is 0 Å². The summed E-state index contributed by atoms with van der Waals surface area (Å²) in [5, 5.41) is 0. The maximum absolute atomic E-state index is 11.3. The van der Waals surface area contributed by atoms with E-state index >= 15 is 0 Å². The van der Waals surface area contributed by atoms with E-state index in [2.05, 4.69) is 0 Å². The van der Waals surface area contributed by atoms with Crippen LogP contribution in [-0.4, -0.2) is 21.7 Å². The van der Waals surface area contributed by atoms with Gasteiger partial charge in [-0.2, -0.15) is 0 Å². The minimum absolute atomic E-state index is 0.0785. The number of aryl methyl sites for hydroxylation is 1. The molecule has 0 aliphatic rings. The van der Waals surface area contributed by atoms with Crippen molar-refractivity contribution in [2.75, 3.05) is 6.16 Å². The first-order valence-corrected chi connectivity index (χ1v) is 6.84. The SMILES string of the molecule is CCc1ccc(CC(=O)CP(=O)(O)O)cc1. The van der Waals surface area contributed by atoms with Gasteiger partial charge in [-0.05, 0) is 17.5 Å². The Labute approximate surface area is 94.5 Å². The van der Waals surface area contributed by atoms with Crippen LogP contribution in [-0.2, 0) is 22.2 Å². The summed E-state index contributed by atoms with van der Waals surface area (Å²) in [5.74, 6) is -0.433. The minimum Gasteiger partial charge on any atom is -0.324 e. The van der Waals surface area contributed by atoms with Gasteiger partial charge in [0.05, 0.1) is 0 Å². The zero-order chi connectivity index (χ0) is 12.2. The standard InChI is InChI=1S/C11H15O4P/c1-2-9-3-5-10(6-4-9)7-11(12)8-16(13,14)15/h3-6H,2,7-8H2,1H3,(H2,13,14,15). The van der Waals surface area contributed by atoms with E-state index in [-0.39, 0.29) is 6.42 Å². The number of hydrogen-bond donors (Lipinski definition) is 2. The summed E-state index contributed by atoms with van der Waals surface area (Å²) in [6, 6.07) is 7.47. The van der Waals surface area contributed by atoms with Crippen LogP contribution in [0.15, 0.2) is 24.3 Å². The van der Waals surface area contributed by atoms with Gasteiger partial charge in [0.15, 0.2) is 0 Å². The van der Waals surface area contributed by atoms with Gasteiger partial charge >= 0.3 is 7.60 Å². The molecule has 0 unspecified atom stereocenters. The molecule has 88 valence electrons. The van der Waals surface area contributed by atoms with Crippen LogP contribution < -0.4 is 0 Å². The number of carbonyl (C=O) groups excluding carboxylic acids is 1. The van der Waals surface area contributed by atoms with Crippen molar-refractivity contribution in [1.82, 2.24) is 0 Å². The van der Waals surface area contributed by atoms with E-state index in [1.807, 2.05) is 31.2 Å². The summed E-state index contributed by atoms with van der Waals surface area (Å²) < 4.78 is 10.6. The summed E-state index contributed by atoms with van der Waals surface area (Å²) in [7, 11) is -4.22. The van der Waals surface area contributed by atoms with Crippen molar-refractivity contribution >= 4 is 13.4 Å². The average molecular weight is 242 g/mol. The van der Waals surface area contributed by atoms with Crippen LogP contribution in [0.1, 0.15) is 18.1 Å². The number of rotatable bonds is 5. The van der Waals surface area contributed by atoms with Crippen LogP contribution in [0.25, 0.3) is 0 Å². The quantitative estimate of drug-likeness (QED) is 0.768. The van der Waals surface area contributed by atoms with E-state index in [1.165, 1.54) is 5.56 Å². The topological polar surface area (TPSA) is 74.6 Å². The fourth-order valence-corrected chi connectivity index (χ4v) is 1.98. The second kappa shape index (κ2) is 5.39. The van der Waals surface area contributed by atoms with E-state index < -0.39 is 19.5 Å². The molecule has 2 N–H and O–H groups in total. The number of carbonyl (C=O) groups is 1. The van der Waals surface area contributed by atoms with E-state index in [0.717, 1.165) is 12.0 Å². The molecule has 0 spiro atoms. The van der Waals surface area contributed by atoms with Crippen molar-refractivity contribution in [3.63, 3.8) is 0 Å². The Morgan fingerprint density at radius 3 is 2.12 bits per heavy atom. The van der Waals surface area contributed by atoms with Crippen molar-refractivity contribution < 1.29 is 19.1 Å². The largest absolute Gasteiger partial charge is 0.332 e. The lowest BCUT2D eigenvalue weighted by atomic mass is 10.1. The molecule has 16 heavy (non-hydrogen) atoms. The molecule has 0 aromatic heterocycles. The van der Waals surface area contributed by atoms with Gasteiger partial charge in [-0.15, -0.1) is 0 Å². The second-order valence-electron chi connectivity index (χ2n) is 3.71. The number of hydrogen-bond acceptors (Lipinski definition) is 2. The number of benzene rings is 1. The van der Waals surface area contributed by atoms with Gasteiger partial charge in [0.1, 0.15) is 11.9 Å². The minimum atomic E-state index is -4.22. The van der Waals surface area contributed by atoms with Gasteiger partial charge < -0.3 is 9.79 Å². The van der Waals surface area contributed by atoms with Crippen molar-refractivity contribution in [1.29, 1.82) is 0 Å². The molecule has 1 aromatic carbocycles. The monoisotopic (exact) mass is 242 g/mol. The molecule has 1 aromatic rings. The first-order chi connectivity index (χ1) is 7.40. The molecule has 0 saturated carbocycles. The molecule has 4 nitrogen and oxygen atoms in total. The summed E-state index contributed by atoms with van der Waals surface area (Å²) in [4.78, 5) is 28.6. The third-order valence-electron chi connectivity index (χ3n) is 2.21. The average Bonchev–Trinajstić information content (AvgIpc) is 2.16. The van der Waals surface area contributed by atoms with Gasteiger partial charge in [0.2, 0.25) is 0 Å². The highest BCUT2D eigenvalue weighted by Crippen LogP contribution is 2.34. The van der Waals surface area contributed by atoms with E-state index in [0.29, 0.717) is 0 Å². The summed E-state index contributed by atoms with van der Waals surface area (Å²) >= 11 is 0. The molecule has 0 atom stereocenters. The Hall–Kier alpha value is -0.960. The molecule has 5 heteroatoms.